The van der Waals surface area contributed by atoms with Crippen LogP contribution in [-0.2, 0) is 26.6 Å². The summed E-state index contributed by atoms with van der Waals surface area (Å²) in [5.74, 6) is -5.39. The average molecular weight is 666 g/mol. The predicted octanol–water partition coefficient (Wildman–Crippen LogP) is 5.39. The summed E-state index contributed by atoms with van der Waals surface area (Å²) in [5.41, 5.74) is 1.55. The summed E-state index contributed by atoms with van der Waals surface area (Å²) in [6.07, 6.45) is -1.04. The number of ether oxygens (including phenoxy) is 4. The van der Waals surface area contributed by atoms with Crippen molar-refractivity contribution in [2.45, 2.75) is 37.5 Å². The average Bonchev–Trinajstić information content (AvgIpc) is 3.41. The van der Waals surface area contributed by atoms with E-state index in [1.807, 2.05) is 24.3 Å². The monoisotopic (exact) mass is 665 g/mol. The zero-order chi connectivity index (χ0) is 32.8. The molecule has 3 atom stereocenters. The number of fused-ring (bicyclic) bond motifs is 4. The van der Waals surface area contributed by atoms with Crippen molar-refractivity contribution < 1.29 is 41.7 Å². The molecule has 0 radical (unpaired) electrons. The molecule has 4 heterocycles. The minimum atomic E-state index is -3.47. The van der Waals surface area contributed by atoms with Gasteiger partial charge in [-0.15, -0.1) is 11.3 Å². The summed E-state index contributed by atoms with van der Waals surface area (Å²) in [6.45, 7) is 1.33. The molecule has 14 heteroatoms. The number of carbonyl (C=O) groups is 2. The number of amides is 1. The van der Waals surface area contributed by atoms with E-state index in [1.54, 1.807) is 22.2 Å². The molecule has 2 aliphatic carbocycles. The third-order valence-electron chi connectivity index (χ3n) is 9.14. The van der Waals surface area contributed by atoms with Gasteiger partial charge in [-0.25, -0.2) is 18.0 Å². The van der Waals surface area contributed by atoms with E-state index in [-0.39, 0.29) is 30.2 Å². The van der Waals surface area contributed by atoms with Gasteiger partial charge in [0.05, 0.1) is 38.0 Å². The Labute approximate surface area is 269 Å². The highest BCUT2D eigenvalue weighted by atomic mass is 32.1. The molecule has 10 nitrogen and oxygen atoms in total. The first-order valence-corrected chi connectivity index (χ1v) is 15.7. The van der Waals surface area contributed by atoms with Crippen molar-refractivity contribution >= 4 is 23.4 Å². The van der Waals surface area contributed by atoms with E-state index >= 15 is 13.2 Å². The lowest BCUT2D eigenvalue weighted by molar-refractivity contribution is -0.0473. The number of alkyl halides is 2. The summed E-state index contributed by atoms with van der Waals surface area (Å²) in [7, 11) is 1.11. The maximum atomic E-state index is 15.9. The zero-order valence-corrected chi connectivity index (χ0v) is 25.8. The Hall–Kier alpha value is -4.82. The van der Waals surface area contributed by atoms with E-state index in [2.05, 4.69) is 4.74 Å². The lowest BCUT2D eigenvalue weighted by atomic mass is 9.80. The molecule has 4 aromatic rings. The van der Waals surface area contributed by atoms with Gasteiger partial charge in [-0.05, 0) is 40.6 Å². The van der Waals surface area contributed by atoms with Gasteiger partial charge in [-0.1, -0.05) is 30.3 Å². The van der Waals surface area contributed by atoms with Crippen molar-refractivity contribution in [1.29, 1.82) is 0 Å². The molecule has 0 bridgehead atoms. The van der Waals surface area contributed by atoms with Crippen LogP contribution in [0.1, 0.15) is 45.7 Å². The zero-order valence-electron chi connectivity index (χ0n) is 25.0. The van der Waals surface area contributed by atoms with Crippen molar-refractivity contribution in [2.75, 3.05) is 32.1 Å². The van der Waals surface area contributed by atoms with E-state index < -0.39 is 66.3 Å². The van der Waals surface area contributed by atoms with Crippen LogP contribution < -0.4 is 15.2 Å². The first-order chi connectivity index (χ1) is 22.6. The van der Waals surface area contributed by atoms with Gasteiger partial charge in [0.2, 0.25) is 18.0 Å². The summed E-state index contributed by atoms with van der Waals surface area (Å²) in [5, 5.41) is 3.51. The summed E-state index contributed by atoms with van der Waals surface area (Å²) in [6, 6.07) is 9.92. The molecule has 1 unspecified atom stereocenters. The van der Waals surface area contributed by atoms with E-state index in [4.69, 9.17) is 14.2 Å². The second kappa shape index (κ2) is 10.6. The predicted molar refractivity (Wildman–Crippen MR) is 163 cm³/mol. The molecule has 242 valence electrons. The topological polar surface area (TPSA) is 99.5 Å². The van der Waals surface area contributed by atoms with Gasteiger partial charge < -0.3 is 23.8 Å². The normalized spacial score (nSPS) is 21.6. The van der Waals surface area contributed by atoms with Crippen LogP contribution in [-0.4, -0.2) is 61.0 Å². The number of methoxy groups -OCH3 is 1. The van der Waals surface area contributed by atoms with Crippen molar-refractivity contribution in [3.8, 4) is 27.3 Å². The number of morpholine rings is 1. The van der Waals surface area contributed by atoms with E-state index in [0.29, 0.717) is 16.7 Å². The molecule has 0 N–H and O–H groups in total. The minimum Gasteiger partial charge on any atom is -0.451 e. The van der Waals surface area contributed by atoms with Crippen LogP contribution in [0.5, 0.6) is 5.75 Å². The number of carbonyl (C=O) groups excluding carboxylic acids is 2. The van der Waals surface area contributed by atoms with Crippen LogP contribution in [0.2, 0.25) is 0 Å². The molecule has 1 fully saturated rings. The quantitative estimate of drug-likeness (QED) is 0.212. The van der Waals surface area contributed by atoms with Crippen LogP contribution in [0.3, 0.4) is 0 Å². The highest BCUT2D eigenvalue weighted by Crippen LogP contribution is 2.58. The van der Waals surface area contributed by atoms with Gasteiger partial charge in [-0.2, -0.15) is 0 Å². The van der Waals surface area contributed by atoms with E-state index in [0.717, 1.165) is 29.2 Å². The first kappa shape index (κ1) is 29.6. The molecule has 0 saturated carbocycles. The Balaban J connectivity index is 1.42. The fraction of sp³-hybridized carbons (Fsp3) is 0.303. The Morgan fingerprint density at radius 3 is 2.70 bits per heavy atom. The van der Waals surface area contributed by atoms with Crippen molar-refractivity contribution in [1.82, 2.24) is 9.58 Å². The number of hydrogen-bond acceptors (Lipinski definition) is 9. The number of aromatic nitrogens is 1. The van der Waals surface area contributed by atoms with E-state index in [9.17, 15) is 14.4 Å². The van der Waals surface area contributed by atoms with Crippen molar-refractivity contribution in [2.24, 2.45) is 0 Å². The third kappa shape index (κ3) is 4.23. The van der Waals surface area contributed by atoms with Gasteiger partial charge in [-0.3, -0.25) is 19.3 Å². The fourth-order valence-electron chi connectivity index (χ4n) is 7.30. The van der Waals surface area contributed by atoms with Crippen molar-refractivity contribution in [3.63, 3.8) is 0 Å². The molecule has 4 aliphatic rings. The van der Waals surface area contributed by atoms with Gasteiger partial charge in [0.15, 0.2) is 5.69 Å². The number of benzene rings is 2. The molecule has 1 saturated heterocycles. The Morgan fingerprint density at radius 2 is 1.89 bits per heavy atom. The number of halogens is 3. The highest BCUT2D eigenvalue weighted by molar-refractivity contribution is 7.14. The standard InChI is InChI=1S/C33H26F3N3O7S/c1-16-12-44-13-23-38(16)31(41)28-29(45-15-46-32(42)43-2)22(40)9-10-37(28)39(23)27-18-5-3-4-6-19(18)30-24-17(14-47-30)11-33(35,36)26-21(34)8-7-20(27)25(24)26/h3-10,14,16,23,27H,11-13,15H2,1-2H3/t16?,23-,27-/m1/s1. The molecule has 1 amide bonds. The van der Waals surface area contributed by atoms with Gasteiger partial charge >= 0.3 is 6.16 Å². The van der Waals surface area contributed by atoms with Crippen molar-refractivity contribution in [3.05, 3.63) is 98.0 Å². The van der Waals surface area contributed by atoms with Crippen LogP contribution in [0, 0.1) is 5.82 Å². The maximum absolute atomic E-state index is 15.9. The second-order valence-electron chi connectivity index (χ2n) is 11.7. The van der Waals surface area contributed by atoms with Gasteiger partial charge in [0, 0.05) is 34.7 Å². The van der Waals surface area contributed by atoms with Gasteiger partial charge in [0.25, 0.3) is 11.8 Å². The van der Waals surface area contributed by atoms with E-state index in [1.165, 1.54) is 34.3 Å². The summed E-state index contributed by atoms with van der Waals surface area (Å²) >= 11 is 1.33. The molecule has 8 rings (SSSR count). The van der Waals surface area contributed by atoms with Crippen LogP contribution >= 0.6 is 11.3 Å². The lowest BCUT2D eigenvalue weighted by Gasteiger charge is -2.53. The number of hydrogen-bond donors (Lipinski definition) is 0. The second-order valence-corrected chi connectivity index (χ2v) is 12.6. The Kier molecular flexibility index (Phi) is 6.67. The maximum Gasteiger partial charge on any atom is 0.510 e. The summed E-state index contributed by atoms with van der Waals surface area (Å²) < 4.78 is 69.7. The minimum absolute atomic E-state index is 0.0501. The molecule has 47 heavy (non-hydrogen) atoms. The van der Waals surface area contributed by atoms with Gasteiger partial charge in [0.1, 0.15) is 12.0 Å². The molecule has 0 spiro atoms. The highest BCUT2D eigenvalue weighted by Gasteiger charge is 2.51. The lowest BCUT2D eigenvalue weighted by Crippen LogP contribution is -2.68. The van der Waals surface area contributed by atoms with Crippen LogP contribution in [0.25, 0.3) is 21.6 Å². The third-order valence-corrected chi connectivity index (χ3v) is 10.2. The largest absolute Gasteiger partial charge is 0.510 e. The smallest absolute Gasteiger partial charge is 0.451 e. The molecular weight excluding hydrogens is 639 g/mol. The van der Waals surface area contributed by atoms with Crippen LogP contribution in [0.15, 0.2) is 58.8 Å². The Morgan fingerprint density at radius 1 is 1.09 bits per heavy atom. The summed E-state index contributed by atoms with van der Waals surface area (Å²) in [4.78, 5) is 41.4. The Bertz CT molecular complexity index is 2050. The first-order valence-electron chi connectivity index (χ1n) is 14.8. The molecule has 2 aromatic heterocycles. The SMILES string of the molecule is COC(=O)OCOc1c2n(ccc1=O)N([C@@H]1c3ccccc3-c3scc4c3-c3c1ccc(F)c3C(F)(F)C4)[C@@H]1COCC(C)N1C2=O. The molecule has 2 aromatic carbocycles. The number of rotatable bonds is 4. The number of pyridine rings is 1. The number of thiophene rings is 1. The molecular formula is C33H26F3N3O7S. The fourth-order valence-corrected chi connectivity index (χ4v) is 8.42. The number of nitrogens with zero attached hydrogens (tertiary/aromatic N) is 3. The molecule has 2 aliphatic heterocycles. The van der Waals surface area contributed by atoms with Crippen LogP contribution in [0.4, 0.5) is 18.0 Å².